The van der Waals surface area contributed by atoms with E-state index in [4.69, 9.17) is 0 Å². The maximum atomic E-state index is 13.1. The molecule has 0 aliphatic rings. The Kier molecular flexibility index (Phi) is 5.78. The Morgan fingerprint density at radius 1 is 1.17 bits per heavy atom. The Morgan fingerprint density at radius 3 is 2.38 bits per heavy atom. The van der Waals surface area contributed by atoms with Gasteiger partial charge in [-0.25, -0.2) is 9.07 Å². The number of aryl methyl sites for hydroxylation is 1. The van der Waals surface area contributed by atoms with Crippen molar-refractivity contribution in [3.05, 3.63) is 47.0 Å². The zero-order chi connectivity index (χ0) is 17.9. The van der Waals surface area contributed by atoms with Crippen molar-refractivity contribution in [3.63, 3.8) is 0 Å². The van der Waals surface area contributed by atoms with Crippen LogP contribution in [0.2, 0.25) is 0 Å². The van der Waals surface area contributed by atoms with Gasteiger partial charge >= 0.3 is 0 Å². The van der Waals surface area contributed by atoms with Crippen LogP contribution in [0.25, 0.3) is 5.69 Å². The summed E-state index contributed by atoms with van der Waals surface area (Å²) in [4.78, 5) is 2.21. The second kappa shape index (κ2) is 7.45. The number of nitrogens with zero attached hydrogens (tertiary/aromatic N) is 3. The molecule has 0 aliphatic carbocycles. The Morgan fingerprint density at radius 2 is 1.79 bits per heavy atom. The number of aromatic nitrogens is 2. The summed E-state index contributed by atoms with van der Waals surface area (Å²) in [5.41, 5.74) is 4.40. The third-order valence-corrected chi connectivity index (χ3v) is 4.16. The second-order valence-corrected chi connectivity index (χ2v) is 7.54. The van der Waals surface area contributed by atoms with Crippen LogP contribution in [-0.4, -0.2) is 41.9 Å². The normalized spacial score (nSPS) is 12.2. The first-order valence-corrected chi connectivity index (χ1v) is 8.36. The van der Waals surface area contributed by atoms with Gasteiger partial charge in [0.15, 0.2) is 0 Å². The van der Waals surface area contributed by atoms with Crippen LogP contribution in [0.5, 0.6) is 0 Å². The van der Waals surface area contributed by atoms with E-state index in [-0.39, 0.29) is 11.2 Å². The van der Waals surface area contributed by atoms with Gasteiger partial charge in [-0.15, -0.1) is 0 Å². The van der Waals surface area contributed by atoms with Crippen LogP contribution in [0, 0.1) is 25.1 Å². The molecule has 1 N–H and O–H groups in total. The molecule has 0 amide bonds. The van der Waals surface area contributed by atoms with E-state index in [1.165, 1.54) is 17.7 Å². The fourth-order valence-electron chi connectivity index (χ4n) is 3.20. The highest BCUT2D eigenvalue weighted by atomic mass is 19.1. The molecule has 0 radical (unpaired) electrons. The van der Waals surface area contributed by atoms with Gasteiger partial charge in [-0.2, -0.15) is 5.10 Å². The zero-order valence-electron chi connectivity index (χ0n) is 15.7. The van der Waals surface area contributed by atoms with Gasteiger partial charge in [0, 0.05) is 30.9 Å². The molecule has 24 heavy (non-hydrogen) atoms. The van der Waals surface area contributed by atoms with Gasteiger partial charge in [-0.3, -0.25) is 0 Å². The Bertz CT molecular complexity index is 671. The number of hydrogen-bond donors (Lipinski definition) is 1. The average Bonchev–Trinajstić information content (AvgIpc) is 2.74. The van der Waals surface area contributed by atoms with E-state index in [9.17, 15) is 4.39 Å². The maximum Gasteiger partial charge on any atom is 0.123 e. The van der Waals surface area contributed by atoms with Crippen molar-refractivity contribution in [1.82, 2.24) is 20.0 Å². The molecule has 0 unspecified atom stereocenters. The first kappa shape index (κ1) is 18.6. The Labute approximate surface area is 144 Å². The highest BCUT2D eigenvalue weighted by Crippen LogP contribution is 2.19. The molecule has 0 fully saturated rings. The highest BCUT2D eigenvalue weighted by molar-refractivity contribution is 5.37. The summed E-state index contributed by atoms with van der Waals surface area (Å²) in [5, 5.41) is 8.18. The first-order valence-electron chi connectivity index (χ1n) is 8.36. The number of nitrogens with one attached hydrogen (secondary N) is 1. The number of hydrogen-bond acceptors (Lipinski definition) is 3. The fraction of sp³-hybridized carbons (Fsp3) is 0.526. The standard InChI is InChI=1S/C19H29FN4/c1-14-18(11-21-12-19(3,4)13-23(5)6)15(2)24(22-14)17-9-7-16(20)8-10-17/h7-10,21H,11-13H2,1-6H3. The lowest BCUT2D eigenvalue weighted by molar-refractivity contribution is 0.232. The van der Waals surface area contributed by atoms with Crippen LogP contribution in [-0.2, 0) is 6.54 Å². The van der Waals surface area contributed by atoms with E-state index in [1.807, 2.05) is 11.6 Å². The number of halogens is 1. The van der Waals surface area contributed by atoms with Crippen molar-refractivity contribution >= 4 is 0 Å². The highest BCUT2D eigenvalue weighted by Gasteiger charge is 2.19. The van der Waals surface area contributed by atoms with E-state index in [0.29, 0.717) is 0 Å². The van der Waals surface area contributed by atoms with Gasteiger partial charge in [0.2, 0.25) is 0 Å². The summed E-state index contributed by atoms with van der Waals surface area (Å²) in [6.45, 7) is 11.4. The van der Waals surface area contributed by atoms with Crippen molar-refractivity contribution in [1.29, 1.82) is 0 Å². The van der Waals surface area contributed by atoms with Crippen molar-refractivity contribution in [2.75, 3.05) is 27.2 Å². The summed E-state index contributed by atoms with van der Waals surface area (Å²) in [6.07, 6.45) is 0. The molecular weight excluding hydrogens is 303 g/mol. The molecule has 5 heteroatoms. The molecule has 0 saturated carbocycles. The summed E-state index contributed by atoms with van der Waals surface area (Å²) in [6, 6.07) is 6.44. The molecule has 2 aromatic rings. The van der Waals surface area contributed by atoms with E-state index in [0.717, 1.165) is 36.7 Å². The van der Waals surface area contributed by atoms with Gasteiger partial charge in [0.05, 0.1) is 11.4 Å². The molecule has 132 valence electrons. The quantitative estimate of drug-likeness (QED) is 0.844. The molecule has 1 aromatic heterocycles. The Hall–Kier alpha value is -1.72. The molecule has 4 nitrogen and oxygen atoms in total. The van der Waals surface area contributed by atoms with Crippen LogP contribution < -0.4 is 5.32 Å². The van der Waals surface area contributed by atoms with Crippen molar-refractivity contribution in [2.45, 2.75) is 34.2 Å². The van der Waals surface area contributed by atoms with Crippen LogP contribution in [0.1, 0.15) is 30.8 Å². The van der Waals surface area contributed by atoms with Crippen LogP contribution in [0.15, 0.2) is 24.3 Å². The molecule has 0 saturated heterocycles. The minimum atomic E-state index is -0.231. The topological polar surface area (TPSA) is 33.1 Å². The second-order valence-electron chi connectivity index (χ2n) is 7.54. The van der Waals surface area contributed by atoms with Gasteiger partial charge in [0.1, 0.15) is 5.82 Å². The minimum absolute atomic E-state index is 0.207. The summed E-state index contributed by atoms with van der Waals surface area (Å²) in [5.74, 6) is -0.231. The monoisotopic (exact) mass is 332 g/mol. The summed E-state index contributed by atoms with van der Waals surface area (Å²) < 4.78 is 15.0. The third kappa shape index (κ3) is 4.65. The van der Waals surface area contributed by atoms with E-state index in [1.54, 1.807) is 12.1 Å². The average molecular weight is 332 g/mol. The largest absolute Gasteiger partial charge is 0.312 e. The lowest BCUT2D eigenvalue weighted by Crippen LogP contribution is -2.37. The van der Waals surface area contributed by atoms with Gasteiger partial charge in [-0.1, -0.05) is 13.8 Å². The molecule has 0 atom stereocenters. The third-order valence-electron chi connectivity index (χ3n) is 4.16. The molecular formula is C19H29FN4. The smallest absolute Gasteiger partial charge is 0.123 e. The van der Waals surface area contributed by atoms with E-state index < -0.39 is 0 Å². The van der Waals surface area contributed by atoms with Crippen molar-refractivity contribution in [3.8, 4) is 5.69 Å². The maximum absolute atomic E-state index is 13.1. The zero-order valence-corrected chi connectivity index (χ0v) is 15.7. The lowest BCUT2D eigenvalue weighted by Gasteiger charge is -2.28. The van der Waals surface area contributed by atoms with Gasteiger partial charge in [-0.05, 0) is 57.6 Å². The predicted octanol–water partition coefficient (Wildman–Crippen LogP) is 3.31. The number of benzene rings is 1. The fourth-order valence-corrected chi connectivity index (χ4v) is 3.20. The van der Waals surface area contributed by atoms with Crippen LogP contribution in [0.3, 0.4) is 0 Å². The van der Waals surface area contributed by atoms with E-state index in [2.05, 4.69) is 50.2 Å². The molecule has 0 bridgehead atoms. The van der Waals surface area contributed by atoms with Crippen LogP contribution in [0.4, 0.5) is 4.39 Å². The molecule has 0 aliphatic heterocycles. The molecule has 1 heterocycles. The minimum Gasteiger partial charge on any atom is -0.312 e. The lowest BCUT2D eigenvalue weighted by atomic mass is 9.93. The van der Waals surface area contributed by atoms with Gasteiger partial charge < -0.3 is 10.2 Å². The summed E-state index contributed by atoms with van der Waals surface area (Å²) in [7, 11) is 4.20. The summed E-state index contributed by atoms with van der Waals surface area (Å²) >= 11 is 0. The predicted molar refractivity (Wildman–Crippen MR) is 97.0 cm³/mol. The van der Waals surface area contributed by atoms with Crippen molar-refractivity contribution in [2.24, 2.45) is 5.41 Å². The van der Waals surface area contributed by atoms with Gasteiger partial charge in [0.25, 0.3) is 0 Å². The SMILES string of the molecule is Cc1nn(-c2ccc(F)cc2)c(C)c1CNCC(C)(C)CN(C)C. The molecule has 1 aromatic carbocycles. The van der Waals surface area contributed by atoms with E-state index >= 15 is 0 Å². The van der Waals surface area contributed by atoms with Crippen molar-refractivity contribution < 1.29 is 4.39 Å². The molecule has 0 spiro atoms. The Balaban J connectivity index is 2.08. The first-order chi connectivity index (χ1) is 11.2. The molecule has 2 rings (SSSR count). The van der Waals surface area contributed by atoms with Crippen LogP contribution >= 0.6 is 0 Å². The number of rotatable bonds is 7.